The van der Waals surface area contributed by atoms with Gasteiger partial charge in [0.2, 0.25) is 0 Å². The molecule has 0 saturated carbocycles. The maximum Gasteiger partial charge on any atom is 0.125 e. The van der Waals surface area contributed by atoms with Gasteiger partial charge in [-0.2, -0.15) is 15.3 Å². The van der Waals surface area contributed by atoms with Gasteiger partial charge in [0.25, 0.3) is 0 Å². The molecule has 1 saturated heterocycles. The van der Waals surface area contributed by atoms with Crippen LogP contribution >= 0.6 is 12.4 Å². The van der Waals surface area contributed by atoms with Crippen LogP contribution in [0.3, 0.4) is 0 Å². The molecule has 31 heavy (non-hydrogen) atoms. The van der Waals surface area contributed by atoms with Crippen molar-refractivity contribution in [2.75, 3.05) is 19.6 Å². The van der Waals surface area contributed by atoms with Crippen LogP contribution in [0.5, 0.6) is 5.75 Å². The maximum atomic E-state index is 10.7. The van der Waals surface area contributed by atoms with Crippen LogP contribution in [0.4, 0.5) is 0 Å². The second kappa shape index (κ2) is 8.24. The van der Waals surface area contributed by atoms with E-state index in [1.165, 1.54) is 0 Å². The lowest BCUT2D eigenvalue weighted by molar-refractivity contribution is 0.154. The molecule has 7 nitrogen and oxygen atoms in total. The molecule has 5 rings (SSSR count). The smallest absolute Gasteiger partial charge is 0.125 e. The van der Waals surface area contributed by atoms with Crippen LogP contribution in [0.1, 0.15) is 24.1 Å². The first kappa shape index (κ1) is 21.2. The standard InChI is InChI=1S/C23H24N6O.ClH/c1-4-29-11-16(12-29)18-7-8-19(26-25-18)17-6-5-15(10-22(17)30)20-9-14(2)23-21(24-20)13-28(3)27-23;/h5-10,13,16,30H,4,11-12H2,1-3H3;1H. The predicted octanol–water partition coefficient (Wildman–Crippen LogP) is 3.95. The van der Waals surface area contributed by atoms with Gasteiger partial charge in [-0.3, -0.25) is 4.68 Å². The van der Waals surface area contributed by atoms with Gasteiger partial charge < -0.3 is 10.0 Å². The molecule has 4 heterocycles. The molecular weight excluding hydrogens is 412 g/mol. The molecule has 1 aliphatic rings. The minimum Gasteiger partial charge on any atom is -0.507 e. The Balaban J connectivity index is 0.00000231. The average molecular weight is 437 g/mol. The highest BCUT2D eigenvalue weighted by Gasteiger charge is 2.28. The third-order valence-corrected chi connectivity index (χ3v) is 5.85. The number of benzene rings is 1. The molecule has 4 aromatic rings. The quantitative estimate of drug-likeness (QED) is 0.521. The van der Waals surface area contributed by atoms with E-state index in [9.17, 15) is 5.11 Å². The van der Waals surface area contributed by atoms with Gasteiger partial charge in [-0.1, -0.05) is 13.0 Å². The van der Waals surface area contributed by atoms with Crippen molar-refractivity contribution in [1.29, 1.82) is 0 Å². The summed E-state index contributed by atoms with van der Waals surface area (Å²) in [7, 11) is 1.89. The monoisotopic (exact) mass is 436 g/mol. The molecule has 0 radical (unpaired) electrons. The van der Waals surface area contributed by atoms with E-state index >= 15 is 0 Å². The van der Waals surface area contributed by atoms with Gasteiger partial charge in [0.05, 0.1) is 23.3 Å². The number of likely N-dealkylation sites (N-methyl/N-ethyl adjacent to an activating group) is 1. The van der Waals surface area contributed by atoms with E-state index in [4.69, 9.17) is 4.98 Å². The highest BCUT2D eigenvalue weighted by molar-refractivity contribution is 5.85. The number of hydrogen-bond donors (Lipinski definition) is 1. The van der Waals surface area contributed by atoms with Crippen molar-refractivity contribution in [2.45, 2.75) is 19.8 Å². The van der Waals surface area contributed by atoms with E-state index in [-0.39, 0.29) is 18.2 Å². The van der Waals surface area contributed by atoms with Crippen LogP contribution in [0.25, 0.3) is 33.5 Å². The maximum absolute atomic E-state index is 10.7. The molecule has 1 fully saturated rings. The highest BCUT2D eigenvalue weighted by atomic mass is 35.5. The number of aromatic nitrogens is 5. The fourth-order valence-electron chi connectivity index (χ4n) is 4.05. The van der Waals surface area contributed by atoms with Crippen LogP contribution in [-0.4, -0.2) is 54.6 Å². The fraction of sp³-hybridized carbons (Fsp3) is 0.304. The van der Waals surface area contributed by atoms with Gasteiger partial charge in [0.15, 0.2) is 0 Å². The lowest BCUT2D eigenvalue weighted by atomic mass is 9.96. The number of fused-ring (bicyclic) bond motifs is 1. The number of aromatic hydroxyl groups is 1. The zero-order chi connectivity index (χ0) is 20.8. The molecule has 160 valence electrons. The number of halogens is 1. The first-order valence-corrected chi connectivity index (χ1v) is 10.2. The lowest BCUT2D eigenvalue weighted by Crippen LogP contribution is -2.44. The average Bonchev–Trinajstić information content (AvgIpc) is 3.09. The minimum absolute atomic E-state index is 0. The molecule has 1 N–H and O–H groups in total. The Hall–Kier alpha value is -3.03. The van der Waals surface area contributed by atoms with Crippen molar-refractivity contribution >= 4 is 23.4 Å². The number of phenols is 1. The third-order valence-electron chi connectivity index (χ3n) is 5.85. The summed E-state index contributed by atoms with van der Waals surface area (Å²) in [5.74, 6) is 0.625. The SMILES string of the molecule is CCN1CC(c2ccc(-c3ccc(-c4cc(C)c5nn(C)cc5n4)cc3O)nn2)C1.Cl. The molecular formula is C23H25ClN6O. The van der Waals surface area contributed by atoms with Gasteiger partial charge in [0, 0.05) is 37.2 Å². The van der Waals surface area contributed by atoms with Gasteiger partial charge in [-0.05, 0) is 49.4 Å². The van der Waals surface area contributed by atoms with Crippen molar-refractivity contribution in [3.05, 3.63) is 53.9 Å². The third kappa shape index (κ3) is 3.86. The van der Waals surface area contributed by atoms with Crippen molar-refractivity contribution in [2.24, 2.45) is 7.05 Å². The zero-order valence-electron chi connectivity index (χ0n) is 17.8. The van der Waals surface area contributed by atoms with Crippen LogP contribution in [-0.2, 0) is 7.05 Å². The summed E-state index contributed by atoms with van der Waals surface area (Å²) in [5.41, 5.74) is 6.80. The summed E-state index contributed by atoms with van der Waals surface area (Å²) < 4.78 is 1.76. The minimum atomic E-state index is 0. The molecule has 0 amide bonds. The Bertz CT molecular complexity index is 1230. The summed E-state index contributed by atoms with van der Waals surface area (Å²) in [6, 6.07) is 11.5. The number of hydrogen-bond acceptors (Lipinski definition) is 6. The molecule has 1 aliphatic heterocycles. The van der Waals surface area contributed by atoms with Crippen molar-refractivity contribution in [3.8, 4) is 28.3 Å². The Kier molecular flexibility index (Phi) is 5.64. The summed E-state index contributed by atoms with van der Waals surface area (Å²) in [4.78, 5) is 7.08. The van der Waals surface area contributed by atoms with E-state index in [2.05, 4.69) is 27.1 Å². The molecule has 1 aromatic carbocycles. The predicted molar refractivity (Wildman–Crippen MR) is 123 cm³/mol. The summed E-state index contributed by atoms with van der Waals surface area (Å²) in [5, 5.41) is 23.9. The fourth-order valence-corrected chi connectivity index (χ4v) is 4.05. The number of likely N-dealkylation sites (tertiary alicyclic amines) is 1. The normalized spacial score (nSPS) is 14.4. The van der Waals surface area contributed by atoms with E-state index < -0.39 is 0 Å². The highest BCUT2D eigenvalue weighted by Crippen LogP contribution is 2.33. The zero-order valence-corrected chi connectivity index (χ0v) is 18.6. The van der Waals surface area contributed by atoms with Crippen molar-refractivity contribution in [1.82, 2.24) is 29.9 Å². The molecule has 0 aliphatic carbocycles. The Morgan fingerprint density at radius 2 is 1.87 bits per heavy atom. The van der Waals surface area contributed by atoms with Crippen molar-refractivity contribution in [3.63, 3.8) is 0 Å². The summed E-state index contributed by atoms with van der Waals surface area (Å²) >= 11 is 0. The number of phenolic OH excluding ortho intramolecular Hbond substituents is 1. The first-order valence-electron chi connectivity index (χ1n) is 10.2. The van der Waals surface area contributed by atoms with E-state index in [0.29, 0.717) is 17.2 Å². The molecule has 3 aromatic heterocycles. The van der Waals surface area contributed by atoms with Crippen LogP contribution in [0, 0.1) is 6.92 Å². The van der Waals surface area contributed by atoms with Crippen LogP contribution < -0.4 is 0 Å². The Morgan fingerprint density at radius 3 is 2.55 bits per heavy atom. The number of rotatable bonds is 4. The van der Waals surface area contributed by atoms with E-state index in [1.54, 1.807) is 10.7 Å². The van der Waals surface area contributed by atoms with Gasteiger partial charge >= 0.3 is 0 Å². The van der Waals surface area contributed by atoms with Gasteiger partial charge in [0.1, 0.15) is 16.8 Å². The molecule has 0 spiro atoms. The summed E-state index contributed by atoms with van der Waals surface area (Å²) in [6.07, 6.45) is 1.90. The summed E-state index contributed by atoms with van der Waals surface area (Å²) in [6.45, 7) is 7.34. The molecule has 0 atom stereocenters. The second-order valence-electron chi connectivity index (χ2n) is 7.99. The first-order chi connectivity index (χ1) is 14.5. The van der Waals surface area contributed by atoms with Gasteiger partial charge in [-0.15, -0.1) is 12.4 Å². The second-order valence-corrected chi connectivity index (χ2v) is 7.99. The molecule has 0 unspecified atom stereocenters. The van der Waals surface area contributed by atoms with Gasteiger partial charge in [-0.25, -0.2) is 4.98 Å². The van der Waals surface area contributed by atoms with E-state index in [0.717, 1.165) is 53.2 Å². The van der Waals surface area contributed by atoms with Crippen LogP contribution in [0.15, 0.2) is 42.6 Å². The van der Waals surface area contributed by atoms with Crippen LogP contribution in [0.2, 0.25) is 0 Å². The number of pyridine rings is 1. The lowest BCUT2D eigenvalue weighted by Gasteiger charge is -2.37. The largest absolute Gasteiger partial charge is 0.507 e. The molecule has 8 heteroatoms. The molecule has 0 bridgehead atoms. The topological polar surface area (TPSA) is 80.0 Å². The Morgan fingerprint density at radius 1 is 1.06 bits per heavy atom. The van der Waals surface area contributed by atoms with Crippen molar-refractivity contribution < 1.29 is 5.11 Å². The van der Waals surface area contributed by atoms with E-state index in [1.807, 2.05) is 50.5 Å². The Labute approximate surface area is 187 Å². The number of aryl methyl sites for hydroxylation is 2. The number of nitrogens with zero attached hydrogens (tertiary/aromatic N) is 6.